The lowest BCUT2D eigenvalue weighted by molar-refractivity contribution is -0.135. The van der Waals surface area contributed by atoms with Gasteiger partial charge in [0.2, 0.25) is 5.91 Å². The molecule has 23 heavy (non-hydrogen) atoms. The van der Waals surface area contributed by atoms with E-state index in [1.54, 1.807) is 4.90 Å². The third-order valence-corrected chi connectivity index (χ3v) is 4.56. The summed E-state index contributed by atoms with van der Waals surface area (Å²) >= 11 is 0. The average Bonchev–Trinajstić information content (AvgIpc) is 3.05. The molecule has 122 valence electrons. The largest absolute Gasteiger partial charge is 0.391 e. The molecule has 2 atom stereocenters. The normalized spacial score (nSPS) is 21.4. The molecule has 5 heteroatoms. The summed E-state index contributed by atoms with van der Waals surface area (Å²) in [6.07, 6.45) is 5.39. The minimum absolute atomic E-state index is 0.114. The summed E-state index contributed by atoms with van der Waals surface area (Å²) in [7, 11) is 0. The van der Waals surface area contributed by atoms with Crippen molar-refractivity contribution < 1.29 is 9.90 Å². The highest BCUT2D eigenvalue weighted by molar-refractivity contribution is 5.76. The van der Waals surface area contributed by atoms with Crippen LogP contribution in [-0.4, -0.2) is 44.9 Å². The van der Waals surface area contributed by atoms with E-state index in [1.807, 2.05) is 54.3 Å². The molecule has 0 spiro atoms. The summed E-state index contributed by atoms with van der Waals surface area (Å²) in [6, 6.07) is 9.92. The van der Waals surface area contributed by atoms with Crippen molar-refractivity contribution in [1.29, 1.82) is 0 Å². The number of piperidine rings is 1. The maximum absolute atomic E-state index is 12.3. The van der Waals surface area contributed by atoms with Crippen molar-refractivity contribution in [3.8, 4) is 5.69 Å². The van der Waals surface area contributed by atoms with Crippen molar-refractivity contribution in [3.63, 3.8) is 0 Å². The zero-order valence-corrected chi connectivity index (χ0v) is 13.4. The van der Waals surface area contributed by atoms with Crippen LogP contribution in [0.5, 0.6) is 0 Å². The lowest BCUT2D eigenvalue weighted by Crippen LogP contribution is -2.45. The van der Waals surface area contributed by atoms with E-state index >= 15 is 0 Å². The minimum Gasteiger partial charge on any atom is -0.391 e. The molecule has 1 N–H and O–H groups in total. The average molecular weight is 313 g/mol. The zero-order valence-electron chi connectivity index (χ0n) is 13.4. The quantitative estimate of drug-likeness (QED) is 0.939. The number of nitrogens with zero attached hydrogens (tertiary/aromatic N) is 3. The molecule has 0 bridgehead atoms. The first-order chi connectivity index (χ1) is 11.1. The van der Waals surface area contributed by atoms with Gasteiger partial charge in [-0.1, -0.05) is 25.1 Å². The number of para-hydroxylation sites is 1. The molecule has 2 aromatic rings. The summed E-state index contributed by atoms with van der Waals surface area (Å²) in [6.45, 7) is 3.24. The molecular formula is C18H23N3O2. The standard InChI is InChI=1S/C18H23N3O2/c1-14-9-10-20(13-17(14)22)18(23)8-7-15-11-19-21(12-15)16-5-3-2-4-6-16/h2-6,11-12,14,17,22H,7-10,13H2,1H3. The summed E-state index contributed by atoms with van der Waals surface area (Å²) in [5, 5.41) is 14.3. The van der Waals surface area contributed by atoms with E-state index in [9.17, 15) is 9.90 Å². The third kappa shape index (κ3) is 3.79. The lowest BCUT2D eigenvalue weighted by atomic mass is 9.96. The first-order valence-electron chi connectivity index (χ1n) is 8.18. The Kier molecular flexibility index (Phi) is 4.76. The SMILES string of the molecule is CC1CCN(C(=O)CCc2cnn(-c3ccccc3)c2)CC1O. The van der Waals surface area contributed by atoms with Crippen molar-refractivity contribution >= 4 is 5.91 Å². The second kappa shape index (κ2) is 6.96. The molecule has 1 amide bonds. The fourth-order valence-corrected chi connectivity index (χ4v) is 2.90. The number of aliphatic hydroxyl groups excluding tert-OH is 1. The van der Waals surface area contributed by atoms with Crippen LogP contribution in [0.4, 0.5) is 0 Å². The number of amides is 1. The number of β-amino-alcohol motifs (C(OH)–C–C–N with tert-alkyl or cyclic N) is 1. The van der Waals surface area contributed by atoms with Gasteiger partial charge in [0.25, 0.3) is 0 Å². The highest BCUT2D eigenvalue weighted by atomic mass is 16.3. The van der Waals surface area contributed by atoms with Gasteiger partial charge in [0.15, 0.2) is 0 Å². The molecule has 0 saturated carbocycles. The van der Waals surface area contributed by atoms with Crippen molar-refractivity contribution in [1.82, 2.24) is 14.7 Å². The Balaban J connectivity index is 1.55. The van der Waals surface area contributed by atoms with Gasteiger partial charge in [-0.3, -0.25) is 4.79 Å². The summed E-state index contributed by atoms with van der Waals surface area (Å²) < 4.78 is 1.83. The second-order valence-corrected chi connectivity index (χ2v) is 6.30. The second-order valence-electron chi connectivity index (χ2n) is 6.30. The number of rotatable bonds is 4. The van der Waals surface area contributed by atoms with Crippen molar-refractivity contribution in [2.45, 2.75) is 32.3 Å². The molecule has 2 heterocycles. The molecule has 1 fully saturated rings. The van der Waals surface area contributed by atoms with Crippen molar-refractivity contribution in [2.24, 2.45) is 5.92 Å². The number of hydrogen-bond donors (Lipinski definition) is 1. The molecule has 1 aromatic carbocycles. The highest BCUT2D eigenvalue weighted by Crippen LogP contribution is 2.18. The molecule has 1 aliphatic heterocycles. The van der Waals surface area contributed by atoms with Gasteiger partial charge in [-0.15, -0.1) is 0 Å². The van der Waals surface area contributed by atoms with Crippen molar-refractivity contribution in [3.05, 3.63) is 48.3 Å². The van der Waals surface area contributed by atoms with Gasteiger partial charge in [-0.05, 0) is 36.5 Å². The number of benzene rings is 1. The van der Waals surface area contributed by atoms with E-state index in [0.717, 1.165) is 24.2 Å². The topological polar surface area (TPSA) is 58.4 Å². The molecule has 3 rings (SSSR count). The van der Waals surface area contributed by atoms with Crippen LogP contribution in [0.2, 0.25) is 0 Å². The fourth-order valence-electron chi connectivity index (χ4n) is 2.90. The van der Waals surface area contributed by atoms with Gasteiger partial charge in [0.1, 0.15) is 0 Å². The first kappa shape index (κ1) is 15.7. The highest BCUT2D eigenvalue weighted by Gasteiger charge is 2.26. The molecule has 1 aliphatic rings. The number of likely N-dealkylation sites (tertiary alicyclic amines) is 1. The smallest absolute Gasteiger partial charge is 0.222 e. The van der Waals surface area contributed by atoms with Crippen molar-refractivity contribution in [2.75, 3.05) is 13.1 Å². The lowest BCUT2D eigenvalue weighted by Gasteiger charge is -2.34. The Morgan fingerprint density at radius 2 is 2.13 bits per heavy atom. The molecule has 2 unspecified atom stereocenters. The van der Waals surface area contributed by atoms with Crippen LogP contribution in [0.1, 0.15) is 25.3 Å². The van der Waals surface area contributed by atoms with Crippen LogP contribution in [-0.2, 0) is 11.2 Å². The van der Waals surface area contributed by atoms with E-state index in [-0.39, 0.29) is 11.8 Å². The Bertz CT molecular complexity index is 653. The summed E-state index contributed by atoms with van der Waals surface area (Å²) in [4.78, 5) is 14.1. The summed E-state index contributed by atoms with van der Waals surface area (Å²) in [5.74, 6) is 0.395. The fraction of sp³-hybridized carbons (Fsp3) is 0.444. The molecule has 0 radical (unpaired) electrons. The predicted octanol–water partition coefficient (Wildman–Crippen LogP) is 2.03. The molecule has 0 aliphatic carbocycles. The van der Waals surface area contributed by atoms with Crippen LogP contribution in [0.15, 0.2) is 42.7 Å². The van der Waals surface area contributed by atoms with Gasteiger partial charge in [0.05, 0.1) is 18.0 Å². The van der Waals surface area contributed by atoms with Gasteiger partial charge < -0.3 is 10.0 Å². The van der Waals surface area contributed by atoms with Gasteiger partial charge in [-0.25, -0.2) is 4.68 Å². The van der Waals surface area contributed by atoms with E-state index in [0.29, 0.717) is 19.4 Å². The van der Waals surface area contributed by atoms with Crippen LogP contribution in [0.25, 0.3) is 5.69 Å². The molecule has 1 saturated heterocycles. The number of aromatic nitrogens is 2. The first-order valence-corrected chi connectivity index (χ1v) is 8.18. The zero-order chi connectivity index (χ0) is 16.2. The van der Waals surface area contributed by atoms with Gasteiger partial charge >= 0.3 is 0 Å². The van der Waals surface area contributed by atoms with E-state index in [1.165, 1.54) is 0 Å². The van der Waals surface area contributed by atoms with E-state index < -0.39 is 6.10 Å². The van der Waals surface area contributed by atoms with E-state index in [4.69, 9.17) is 0 Å². The minimum atomic E-state index is -0.395. The maximum Gasteiger partial charge on any atom is 0.222 e. The Morgan fingerprint density at radius 3 is 2.87 bits per heavy atom. The van der Waals surface area contributed by atoms with Crippen LogP contribution in [0, 0.1) is 5.92 Å². The number of aliphatic hydroxyl groups is 1. The molecular weight excluding hydrogens is 290 g/mol. The molecule has 5 nitrogen and oxygen atoms in total. The number of carbonyl (C=O) groups is 1. The van der Waals surface area contributed by atoms with Crippen LogP contribution < -0.4 is 0 Å². The molecule has 1 aromatic heterocycles. The Hall–Kier alpha value is -2.14. The van der Waals surface area contributed by atoms with Crippen LogP contribution >= 0.6 is 0 Å². The number of aryl methyl sites for hydroxylation is 1. The van der Waals surface area contributed by atoms with Gasteiger partial charge in [0, 0.05) is 25.7 Å². The Morgan fingerprint density at radius 1 is 1.35 bits per heavy atom. The third-order valence-electron chi connectivity index (χ3n) is 4.56. The number of carbonyl (C=O) groups excluding carboxylic acids is 1. The van der Waals surface area contributed by atoms with E-state index in [2.05, 4.69) is 5.10 Å². The Labute approximate surface area is 136 Å². The summed E-state index contributed by atoms with van der Waals surface area (Å²) in [5.41, 5.74) is 2.06. The monoisotopic (exact) mass is 313 g/mol. The van der Waals surface area contributed by atoms with Crippen LogP contribution in [0.3, 0.4) is 0 Å². The van der Waals surface area contributed by atoms with Gasteiger partial charge in [-0.2, -0.15) is 5.10 Å². The number of hydrogen-bond acceptors (Lipinski definition) is 3. The predicted molar refractivity (Wildman–Crippen MR) is 88.3 cm³/mol. The maximum atomic E-state index is 12.3.